The number of carbonyl (C=O) groups is 2. The highest BCUT2D eigenvalue weighted by molar-refractivity contribution is 5.80. The van der Waals surface area contributed by atoms with Crippen molar-refractivity contribution in [2.45, 2.75) is 50.7 Å². The fourth-order valence-electron chi connectivity index (χ4n) is 4.29. The van der Waals surface area contributed by atoms with E-state index >= 15 is 0 Å². The van der Waals surface area contributed by atoms with Gasteiger partial charge in [-0.2, -0.15) is 0 Å². The summed E-state index contributed by atoms with van der Waals surface area (Å²) in [5, 5.41) is 12.4. The molecule has 3 rings (SSSR count). The highest BCUT2D eigenvalue weighted by atomic mass is 16.5. The van der Waals surface area contributed by atoms with Gasteiger partial charge < -0.3 is 15.2 Å². The maximum atomic E-state index is 12.4. The molecule has 1 aliphatic heterocycles. The minimum absolute atomic E-state index is 0.136. The summed E-state index contributed by atoms with van der Waals surface area (Å²) in [6.07, 6.45) is 5.02. The smallest absolute Gasteiger partial charge is 0.320 e. The first-order chi connectivity index (χ1) is 12.1. The van der Waals surface area contributed by atoms with Crippen molar-refractivity contribution in [3.05, 3.63) is 29.8 Å². The number of nitrogens with zero attached hydrogens (tertiary/aromatic N) is 1. The summed E-state index contributed by atoms with van der Waals surface area (Å²) >= 11 is 0. The van der Waals surface area contributed by atoms with E-state index in [1.165, 1.54) is 6.42 Å². The lowest BCUT2D eigenvalue weighted by atomic mass is 9.85. The van der Waals surface area contributed by atoms with E-state index in [9.17, 15) is 14.7 Å². The average molecular weight is 346 g/mol. The van der Waals surface area contributed by atoms with E-state index in [2.05, 4.69) is 5.32 Å². The lowest BCUT2D eigenvalue weighted by Crippen LogP contribution is -2.47. The molecule has 136 valence electrons. The Labute approximate surface area is 148 Å². The van der Waals surface area contributed by atoms with Crippen molar-refractivity contribution < 1.29 is 19.4 Å². The van der Waals surface area contributed by atoms with E-state index in [4.69, 9.17) is 4.74 Å². The number of ether oxygens (including phenoxy) is 1. The summed E-state index contributed by atoms with van der Waals surface area (Å²) in [7, 11) is 1.60. The van der Waals surface area contributed by atoms with Crippen molar-refractivity contribution >= 4 is 11.9 Å². The molecule has 0 spiro atoms. The number of hydrogen-bond acceptors (Lipinski definition) is 4. The maximum absolute atomic E-state index is 12.4. The second-order valence-corrected chi connectivity index (χ2v) is 6.96. The second kappa shape index (κ2) is 7.87. The van der Waals surface area contributed by atoms with Crippen LogP contribution in [-0.4, -0.2) is 47.6 Å². The highest BCUT2D eigenvalue weighted by Crippen LogP contribution is 2.39. The molecule has 6 heteroatoms. The van der Waals surface area contributed by atoms with Crippen LogP contribution in [-0.2, 0) is 16.1 Å². The van der Waals surface area contributed by atoms with Gasteiger partial charge in [0.05, 0.1) is 13.7 Å². The molecule has 1 saturated heterocycles. The van der Waals surface area contributed by atoms with Crippen molar-refractivity contribution in [3.8, 4) is 5.75 Å². The number of likely N-dealkylation sites (tertiary alicyclic amines) is 1. The molecular formula is C19H26N2O4. The van der Waals surface area contributed by atoms with Crippen molar-refractivity contribution in [2.24, 2.45) is 5.92 Å². The molecule has 3 atom stereocenters. The van der Waals surface area contributed by atoms with Crippen LogP contribution in [0.3, 0.4) is 0 Å². The third-order valence-electron chi connectivity index (χ3n) is 5.50. The number of carbonyl (C=O) groups excluding carboxylic acids is 1. The zero-order valence-electron chi connectivity index (χ0n) is 14.6. The Morgan fingerprint density at radius 1 is 1.28 bits per heavy atom. The summed E-state index contributed by atoms with van der Waals surface area (Å²) < 4.78 is 5.29. The van der Waals surface area contributed by atoms with Crippen LogP contribution in [0, 0.1) is 5.92 Å². The van der Waals surface area contributed by atoms with Crippen LogP contribution in [0.2, 0.25) is 0 Å². The summed E-state index contributed by atoms with van der Waals surface area (Å²) in [4.78, 5) is 25.9. The van der Waals surface area contributed by atoms with Gasteiger partial charge in [0.15, 0.2) is 0 Å². The van der Waals surface area contributed by atoms with Crippen molar-refractivity contribution in [1.29, 1.82) is 0 Å². The van der Waals surface area contributed by atoms with Crippen LogP contribution in [0.25, 0.3) is 0 Å². The quantitative estimate of drug-likeness (QED) is 0.824. The summed E-state index contributed by atoms with van der Waals surface area (Å²) in [5.41, 5.74) is 0.907. The molecule has 1 aromatic carbocycles. The normalized spacial score (nSPS) is 26.0. The topological polar surface area (TPSA) is 78.9 Å². The fraction of sp³-hybridized carbons (Fsp3) is 0.579. The largest absolute Gasteiger partial charge is 0.496 e. The molecule has 1 heterocycles. The lowest BCUT2D eigenvalue weighted by molar-refractivity contribution is -0.143. The molecule has 25 heavy (non-hydrogen) atoms. The second-order valence-electron chi connectivity index (χ2n) is 6.96. The molecule has 6 nitrogen and oxygen atoms in total. The van der Waals surface area contributed by atoms with Gasteiger partial charge in [-0.1, -0.05) is 31.0 Å². The van der Waals surface area contributed by atoms with Crippen molar-refractivity contribution in [1.82, 2.24) is 10.2 Å². The number of amides is 1. The zero-order valence-corrected chi connectivity index (χ0v) is 14.6. The summed E-state index contributed by atoms with van der Waals surface area (Å²) in [6, 6.07) is 7.24. The van der Waals surface area contributed by atoms with Gasteiger partial charge in [0.1, 0.15) is 11.8 Å². The molecule has 2 N–H and O–H groups in total. The zero-order chi connectivity index (χ0) is 17.8. The molecule has 1 saturated carbocycles. The number of para-hydroxylation sites is 1. The van der Waals surface area contributed by atoms with E-state index in [0.29, 0.717) is 18.9 Å². The maximum Gasteiger partial charge on any atom is 0.320 e. The van der Waals surface area contributed by atoms with Gasteiger partial charge in [0.2, 0.25) is 5.91 Å². The Bertz CT molecular complexity index is 634. The number of benzene rings is 1. The number of rotatable bonds is 6. The van der Waals surface area contributed by atoms with Crippen LogP contribution in [0.1, 0.15) is 37.7 Å². The molecule has 2 aliphatic rings. The minimum Gasteiger partial charge on any atom is -0.496 e. The van der Waals surface area contributed by atoms with Crippen LogP contribution >= 0.6 is 0 Å². The molecule has 1 aliphatic carbocycles. The molecule has 1 amide bonds. The van der Waals surface area contributed by atoms with Gasteiger partial charge in [-0.15, -0.1) is 0 Å². The van der Waals surface area contributed by atoms with Gasteiger partial charge in [-0.25, -0.2) is 0 Å². The molecule has 0 aromatic heterocycles. The van der Waals surface area contributed by atoms with Gasteiger partial charge in [0.25, 0.3) is 0 Å². The first-order valence-electron chi connectivity index (χ1n) is 8.97. The third-order valence-corrected chi connectivity index (χ3v) is 5.50. The summed E-state index contributed by atoms with van der Waals surface area (Å²) in [6.45, 7) is 0.524. The van der Waals surface area contributed by atoms with Gasteiger partial charge in [-0.05, 0) is 31.2 Å². The number of carboxylic acid groups (broad SMARTS) is 1. The number of hydrogen-bond donors (Lipinski definition) is 2. The van der Waals surface area contributed by atoms with Gasteiger partial charge >= 0.3 is 5.97 Å². The van der Waals surface area contributed by atoms with Gasteiger partial charge in [0, 0.05) is 18.2 Å². The first-order valence-corrected chi connectivity index (χ1v) is 8.97. The monoisotopic (exact) mass is 346 g/mol. The molecular weight excluding hydrogens is 320 g/mol. The highest BCUT2D eigenvalue weighted by Gasteiger charge is 2.45. The Morgan fingerprint density at radius 3 is 2.80 bits per heavy atom. The van der Waals surface area contributed by atoms with Crippen molar-refractivity contribution in [3.63, 3.8) is 0 Å². The predicted octanol–water partition coefficient (Wildman–Crippen LogP) is 2.03. The van der Waals surface area contributed by atoms with E-state index in [0.717, 1.165) is 30.6 Å². The average Bonchev–Trinajstić information content (AvgIpc) is 2.99. The number of fused-ring (bicyclic) bond motifs is 1. The standard InChI is InChI=1S/C19H26N2O4/c1-25-17-9-5-3-7-14(17)11-20-18(22)12-21-15-8-4-2-6-13(15)10-16(21)19(23)24/h3,5,7,9,13,15-16H,2,4,6,8,10-12H2,1H3,(H,20,22)(H,23,24)/t13-,15-,16-/m0/s1. The molecule has 0 radical (unpaired) electrons. The minimum atomic E-state index is -0.813. The molecule has 2 fully saturated rings. The summed E-state index contributed by atoms with van der Waals surface area (Å²) in [5.74, 6) is 0.201. The van der Waals surface area contributed by atoms with Crippen molar-refractivity contribution in [2.75, 3.05) is 13.7 Å². The van der Waals surface area contributed by atoms with Crippen LogP contribution in [0.4, 0.5) is 0 Å². The Balaban J connectivity index is 1.61. The lowest BCUT2D eigenvalue weighted by Gasteiger charge is -2.32. The SMILES string of the molecule is COc1ccccc1CNC(=O)CN1[C@H](C(=O)O)C[C@@H]2CCCC[C@@H]21. The fourth-order valence-corrected chi connectivity index (χ4v) is 4.29. The van der Waals surface area contributed by atoms with E-state index in [-0.39, 0.29) is 18.5 Å². The number of nitrogens with one attached hydrogen (secondary N) is 1. The first kappa shape index (κ1) is 17.7. The molecule has 0 bridgehead atoms. The Morgan fingerprint density at radius 2 is 2.04 bits per heavy atom. The number of carboxylic acids is 1. The third kappa shape index (κ3) is 3.95. The Hall–Kier alpha value is -2.08. The van der Waals surface area contributed by atoms with Crippen LogP contribution in [0.15, 0.2) is 24.3 Å². The Kier molecular flexibility index (Phi) is 5.58. The van der Waals surface area contributed by atoms with Crippen LogP contribution in [0.5, 0.6) is 5.75 Å². The molecule has 0 unspecified atom stereocenters. The van der Waals surface area contributed by atoms with E-state index < -0.39 is 12.0 Å². The van der Waals surface area contributed by atoms with Gasteiger partial charge in [-0.3, -0.25) is 14.5 Å². The number of methoxy groups -OCH3 is 1. The molecule has 1 aromatic rings. The van der Waals surface area contributed by atoms with E-state index in [1.807, 2.05) is 29.2 Å². The van der Waals surface area contributed by atoms with Crippen LogP contribution < -0.4 is 10.1 Å². The van der Waals surface area contributed by atoms with E-state index in [1.54, 1.807) is 7.11 Å². The predicted molar refractivity (Wildman–Crippen MR) is 93.3 cm³/mol. The number of aliphatic carboxylic acids is 1.